The molecular formula is C17H24BrNO. The number of morpholine rings is 1. The van der Waals surface area contributed by atoms with Crippen molar-refractivity contribution in [2.75, 3.05) is 13.1 Å². The van der Waals surface area contributed by atoms with E-state index in [-0.39, 0.29) is 11.2 Å². The Morgan fingerprint density at radius 1 is 1.10 bits per heavy atom. The molecule has 0 amide bonds. The summed E-state index contributed by atoms with van der Waals surface area (Å²) >= 11 is 3.50. The topological polar surface area (TPSA) is 21.3 Å². The molecule has 20 heavy (non-hydrogen) atoms. The average molecular weight is 338 g/mol. The van der Waals surface area contributed by atoms with E-state index in [4.69, 9.17) is 4.74 Å². The number of hydrogen-bond donors (Lipinski definition) is 1. The zero-order valence-corrected chi connectivity index (χ0v) is 13.8. The van der Waals surface area contributed by atoms with Crippen molar-refractivity contribution in [2.24, 2.45) is 0 Å². The Morgan fingerprint density at radius 3 is 2.50 bits per heavy atom. The minimum atomic E-state index is -0.0799. The average Bonchev–Trinajstić information content (AvgIpc) is 2.42. The molecule has 1 aromatic carbocycles. The van der Waals surface area contributed by atoms with Crippen LogP contribution in [0.5, 0.6) is 0 Å². The van der Waals surface area contributed by atoms with Crippen LogP contribution in [-0.4, -0.2) is 24.3 Å². The second-order valence-corrected chi connectivity index (χ2v) is 7.62. The van der Waals surface area contributed by atoms with E-state index in [2.05, 4.69) is 52.4 Å². The van der Waals surface area contributed by atoms with Crippen molar-refractivity contribution in [3.63, 3.8) is 0 Å². The van der Waals surface area contributed by atoms with Gasteiger partial charge in [0.2, 0.25) is 0 Å². The predicted octanol–water partition coefficient (Wildman–Crippen LogP) is 4.07. The van der Waals surface area contributed by atoms with Gasteiger partial charge in [-0.15, -0.1) is 0 Å². The molecule has 2 nitrogen and oxygen atoms in total. The van der Waals surface area contributed by atoms with Crippen LogP contribution in [0.25, 0.3) is 0 Å². The lowest BCUT2D eigenvalue weighted by atomic mass is 9.81. The number of ether oxygens (including phenoxy) is 1. The summed E-state index contributed by atoms with van der Waals surface area (Å²) in [5.74, 6) is 0. The van der Waals surface area contributed by atoms with Crippen LogP contribution in [-0.2, 0) is 11.2 Å². The van der Waals surface area contributed by atoms with Crippen LogP contribution in [0.2, 0.25) is 0 Å². The maximum absolute atomic E-state index is 6.66. The molecule has 1 spiro atoms. The summed E-state index contributed by atoms with van der Waals surface area (Å²) in [5, 5.41) is 3.63. The van der Waals surface area contributed by atoms with E-state index in [1.165, 1.54) is 37.7 Å². The van der Waals surface area contributed by atoms with Gasteiger partial charge in [-0.1, -0.05) is 47.3 Å². The van der Waals surface area contributed by atoms with Gasteiger partial charge in [-0.05, 0) is 37.5 Å². The maximum Gasteiger partial charge on any atom is 0.0826 e. The Hall–Kier alpha value is -0.380. The van der Waals surface area contributed by atoms with Crippen molar-refractivity contribution in [1.82, 2.24) is 5.32 Å². The highest BCUT2D eigenvalue weighted by Gasteiger charge is 2.43. The molecule has 1 saturated heterocycles. The molecule has 3 heteroatoms. The summed E-state index contributed by atoms with van der Waals surface area (Å²) in [6.07, 6.45) is 7.42. The van der Waals surface area contributed by atoms with Gasteiger partial charge in [0.25, 0.3) is 0 Å². The van der Waals surface area contributed by atoms with Crippen LogP contribution < -0.4 is 5.32 Å². The number of benzene rings is 1. The first-order chi connectivity index (χ1) is 9.59. The molecule has 1 heterocycles. The van der Waals surface area contributed by atoms with Crippen molar-refractivity contribution >= 4 is 15.9 Å². The summed E-state index contributed by atoms with van der Waals surface area (Å²) in [6, 6.07) is 8.62. The quantitative estimate of drug-likeness (QED) is 0.878. The van der Waals surface area contributed by atoms with Crippen molar-refractivity contribution in [1.29, 1.82) is 0 Å². The minimum Gasteiger partial charge on any atom is -0.366 e. The lowest BCUT2D eigenvalue weighted by Crippen LogP contribution is -2.60. The fraction of sp³-hybridized carbons (Fsp3) is 0.647. The number of rotatable bonds is 2. The SMILES string of the molecule is CC1(Cc2ccc(Br)cc2)CNCC2(CCCCC2)O1. The molecule has 1 aliphatic heterocycles. The molecular weight excluding hydrogens is 314 g/mol. The largest absolute Gasteiger partial charge is 0.366 e. The number of nitrogens with one attached hydrogen (secondary N) is 1. The first-order valence-electron chi connectivity index (χ1n) is 7.75. The van der Waals surface area contributed by atoms with Crippen molar-refractivity contribution < 1.29 is 4.74 Å². The summed E-state index contributed by atoms with van der Waals surface area (Å²) in [4.78, 5) is 0. The van der Waals surface area contributed by atoms with E-state index >= 15 is 0 Å². The predicted molar refractivity (Wildman–Crippen MR) is 86.0 cm³/mol. The Labute approximate surface area is 130 Å². The second kappa shape index (κ2) is 5.78. The molecule has 0 radical (unpaired) electrons. The van der Waals surface area contributed by atoms with Crippen molar-refractivity contribution in [3.8, 4) is 0 Å². The molecule has 1 aromatic rings. The fourth-order valence-corrected chi connectivity index (χ4v) is 4.02. The highest BCUT2D eigenvalue weighted by molar-refractivity contribution is 9.10. The Balaban J connectivity index is 1.72. The van der Waals surface area contributed by atoms with Gasteiger partial charge in [0.1, 0.15) is 0 Å². The van der Waals surface area contributed by atoms with E-state index in [1.807, 2.05) is 0 Å². The van der Waals surface area contributed by atoms with Gasteiger partial charge in [-0.3, -0.25) is 0 Å². The smallest absolute Gasteiger partial charge is 0.0826 e. The molecule has 1 atom stereocenters. The monoisotopic (exact) mass is 337 g/mol. The van der Waals surface area contributed by atoms with Gasteiger partial charge in [-0.2, -0.15) is 0 Å². The van der Waals surface area contributed by atoms with Crippen LogP contribution >= 0.6 is 15.9 Å². The van der Waals surface area contributed by atoms with Crippen molar-refractivity contribution in [3.05, 3.63) is 34.3 Å². The lowest BCUT2D eigenvalue weighted by Gasteiger charge is -2.49. The Bertz CT molecular complexity index is 447. The summed E-state index contributed by atoms with van der Waals surface area (Å²) in [7, 11) is 0. The highest BCUT2D eigenvalue weighted by Crippen LogP contribution is 2.38. The highest BCUT2D eigenvalue weighted by atomic mass is 79.9. The van der Waals surface area contributed by atoms with Crippen molar-refractivity contribution in [2.45, 2.75) is 56.7 Å². The van der Waals surface area contributed by atoms with Gasteiger partial charge < -0.3 is 10.1 Å². The molecule has 0 bridgehead atoms. The van der Waals surface area contributed by atoms with Crippen LogP contribution in [0.15, 0.2) is 28.7 Å². The number of halogens is 1. The normalized spacial score (nSPS) is 29.5. The summed E-state index contributed by atoms with van der Waals surface area (Å²) < 4.78 is 7.80. The van der Waals surface area contributed by atoms with Crippen LogP contribution in [0.4, 0.5) is 0 Å². The second-order valence-electron chi connectivity index (χ2n) is 6.70. The van der Waals surface area contributed by atoms with Crippen LogP contribution in [0, 0.1) is 0 Å². The molecule has 1 aliphatic carbocycles. The zero-order valence-electron chi connectivity index (χ0n) is 12.3. The van der Waals surface area contributed by atoms with E-state index in [0.717, 1.165) is 24.0 Å². The molecule has 1 N–H and O–H groups in total. The Morgan fingerprint density at radius 2 is 1.80 bits per heavy atom. The van der Waals surface area contributed by atoms with Gasteiger partial charge in [0.05, 0.1) is 11.2 Å². The van der Waals surface area contributed by atoms with Gasteiger partial charge in [-0.25, -0.2) is 0 Å². The molecule has 110 valence electrons. The zero-order chi connectivity index (χ0) is 14.1. The first-order valence-corrected chi connectivity index (χ1v) is 8.54. The molecule has 2 fully saturated rings. The number of hydrogen-bond acceptors (Lipinski definition) is 2. The molecule has 2 aliphatic rings. The van der Waals surface area contributed by atoms with E-state index < -0.39 is 0 Å². The molecule has 1 saturated carbocycles. The standard InChI is InChI=1S/C17H24BrNO/c1-16(11-14-5-7-15(18)8-6-14)12-19-13-17(20-16)9-3-2-4-10-17/h5-8,19H,2-4,9-13H2,1H3. The van der Waals surface area contributed by atoms with E-state index in [1.54, 1.807) is 0 Å². The van der Waals surface area contributed by atoms with E-state index in [0.29, 0.717) is 0 Å². The van der Waals surface area contributed by atoms with E-state index in [9.17, 15) is 0 Å². The van der Waals surface area contributed by atoms with Crippen LogP contribution in [0.1, 0.15) is 44.6 Å². The Kier molecular flexibility index (Phi) is 4.21. The third-order valence-electron chi connectivity index (χ3n) is 4.67. The van der Waals surface area contributed by atoms with Gasteiger partial charge >= 0.3 is 0 Å². The summed E-state index contributed by atoms with van der Waals surface area (Å²) in [5.41, 5.74) is 1.37. The van der Waals surface area contributed by atoms with Gasteiger partial charge in [0, 0.05) is 24.0 Å². The summed E-state index contributed by atoms with van der Waals surface area (Å²) in [6.45, 7) is 4.24. The molecule has 0 aromatic heterocycles. The minimum absolute atomic E-state index is 0.0799. The van der Waals surface area contributed by atoms with Gasteiger partial charge in [0.15, 0.2) is 0 Å². The molecule has 1 unspecified atom stereocenters. The maximum atomic E-state index is 6.66. The molecule has 3 rings (SSSR count). The van der Waals surface area contributed by atoms with Crippen LogP contribution in [0.3, 0.4) is 0 Å². The fourth-order valence-electron chi connectivity index (χ4n) is 3.76. The third kappa shape index (κ3) is 3.26. The first kappa shape index (κ1) is 14.6. The third-order valence-corrected chi connectivity index (χ3v) is 5.19. The lowest BCUT2D eigenvalue weighted by molar-refractivity contribution is -0.182.